The van der Waals surface area contributed by atoms with Crippen LogP contribution in [0.5, 0.6) is 17.2 Å². The highest BCUT2D eigenvalue weighted by Crippen LogP contribution is 2.28. The molecule has 5 nitrogen and oxygen atoms in total. The number of hydrogen-bond donors (Lipinski definition) is 0. The number of hydrogen-bond acceptors (Lipinski definition) is 4. The SMILES string of the molecule is CCCCCC(=O)N(CCc1ccc(OC)c(OC)c1)Cc1ccc(OCC)cc1. The minimum atomic E-state index is 0.206. The highest BCUT2D eigenvalue weighted by atomic mass is 16.5. The Labute approximate surface area is 180 Å². The third-order valence-electron chi connectivity index (χ3n) is 5.07. The number of methoxy groups -OCH3 is 2. The summed E-state index contributed by atoms with van der Waals surface area (Å²) in [5, 5.41) is 0. The Balaban J connectivity index is 2.07. The van der Waals surface area contributed by atoms with Gasteiger partial charge < -0.3 is 19.1 Å². The summed E-state index contributed by atoms with van der Waals surface area (Å²) in [4.78, 5) is 14.9. The van der Waals surface area contributed by atoms with Crippen LogP contribution in [0.15, 0.2) is 42.5 Å². The number of benzene rings is 2. The number of carbonyl (C=O) groups excluding carboxylic acids is 1. The predicted octanol–water partition coefficient (Wildman–Crippen LogP) is 5.25. The van der Waals surface area contributed by atoms with Gasteiger partial charge in [0.05, 0.1) is 20.8 Å². The van der Waals surface area contributed by atoms with E-state index in [0.29, 0.717) is 37.6 Å². The molecule has 0 unspecified atom stereocenters. The first kappa shape index (κ1) is 23.6. The second-order valence-electron chi connectivity index (χ2n) is 7.29. The summed E-state index contributed by atoms with van der Waals surface area (Å²) in [7, 11) is 3.27. The maximum absolute atomic E-state index is 12.9. The molecule has 0 saturated heterocycles. The number of ether oxygens (including phenoxy) is 3. The van der Waals surface area contributed by atoms with E-state index >= 15 is 0 Å². The van der Waals surface area contributed by atoms with Gasteiger partial charge in [0.25, 0.3) is 0 Å². The van der Waals surface area contributed by atoms with Crippen molar-refractivity contribution < 1.29 is 19.0 Å². The molecule has 0 spiro atoms. The van der Waals surface area contributed by atoms with Crippen LogP contribution < -0.4 is 14.2 Å². The van der Waals surface area contributed by atoms with E-state index in [9.17, 15) is 4.79 Å². The summed E-state index contributed by atoms with van der Waals surface area (Å²) in [5.74, 6) is 2.48. The van der Waals surface area contributed by atoms with E-state index in [4.69, 9.17) is 14.2 Å². The van der Waals surface area contributed by atoms with E-state index in [2.05, 4.69) is 6.92 Å². The van der Waals surface area contributed by atoms with Gasteiger partial charge in [-0.15, -0.1) is 0 Å². The normalized spacial score (nSPS) is 10.5. The van der Waals surface area contributed by atoms with Gasteiger partial charge in [0, 0.05) is 19.5 Å². The van der Waals surface area contributed by atoms with Crippen LogP contribution >= 0.6 is 0 Å². The average molecular weight is 414 g/mol. The van der Waals surface area contributed by atoms with Gasteiger partial charge in [-0.2, -0.15) is 0 Å². The summed E-state index contributed by atoms with van der Waals surface area (Å²) in [6, 6.07) is 13.9. The Morgan fingerprint density at radius 2 is 1.60 bits per heavy atom. The molecule has 0 heterocycles. The molecule has 5 heteroatoms. The van der Waals surface area contributed by atoms with Crippen molar-refractivity contribution in [1.29, 1.82) is 0 Å². The molecule has 0 fully saturated rings. The third kappa shape index (κ3) is 7.29. The molecule has 164 valence electrons. The van der Waals surface area contributed by atoms with Crippen LogP contribution in [0, 0.1) is 0 Å². The lowest BCUT2D eigenvalue weighted by atomic mass is 10.1. The lowest BCUT2D eigenvalue weighted by molar-refractivity contribution is -0.131. The lowest BCUT2D eigenvalue weighted by Gasteiger charge is -2.23. The predicted molar refractivity (Wildman–Crippen MR) is 120 cm³/mol. The third-order valence-corrected chi connectivity index (χ3v) is 5.07. The van der Waals surface area contributed by atoms with E-state index in [0.717, 1.165) is 42.6 Å². The largest absolute Gasteiger partial charge is 0.494 e. The van der Waals surface area contributed by atoms with Crippen LogP contribution in [0.25, 0.3) is 0 Å². The first-order valence-corrected chi connectivity index (χ1v) is 10.8. The Hall–Kier alpha value is -2.69. The second-order valence-corrected chi connectivity index (χ2v) is 7.29. The highest BCUT2D eigenvalue weighted by Gasteiger charge is 2.15. The van der Waals surface area contributed by atoms with E-state index in [-0.39, 0.29) is 5.91 Å². The van der Waals surface area contributed by atoms with Crippen LogP contribution in [-0.4, -0.2) is 38.2 Å². The zero-order valence-electron chi connectivity index (χ0n) is 18.8. The van der Waals surface area contributed by atoms with Crippen molar-refractivity contribution in [3.8, 4) is 17.2 Å². The summed E-state index contributed by atoms with van der Waals surface area (Å²) >= 11 is 0. The van der Waals surface area contributed by atoms with Gasteiger partial charge in [-0.25, -0.2) is 0 Å². The summed E-state index contributed by atoms with van der Waals surface area (Å²) in [5.41, 5.74) is 2.22. The highest BCUT2D eigenvalue weighted by molar-refractivity contribution is 5.76. The van der Waals surface area contributed by atoms with Crippen LogP contribution in [0.1, 0.15) is 50.7 Å². The molecule has 0 aliphatic carbocycles. The number of rotatable bonds is 13. The van der Waals surface area contributed by atoms with Gasteiger partial charge in [-0.1, -0.05) is 38.0 Å². The number of carbonyl (C=O) groups is 1. The van der Waals surface area contributed by atoms with Crippen molar-refractivity contribution in [2.75, 3.05) is 27.4 Å². The molecule has 30 heavy (non-hydrogen) atoms. The van der Waals surface area contributed by atoms with Gasteiger partial charge in [0.2, 0.25) is 5.91 Å². The van der Waals surface area contributed by atoms with Gasteiger partial charge >= 0.3 is 0 Å². The molecule has 1 amide bonds. The Morgan fingerprint density at radius 1 is 0.900 bits per heavy atom. The molecule has 0 radical (unpaired) electrons. The van der Waals surface area contributed by atoms with Crippen molar-refractivity contribution in [1.82, 2.24) is 4.90 Å². The molecule has 0 saturated carbocycles. The topological polar surface area (TPSA) is 48.0 Å². The maximum atomic E-state index is 12.9. The molecular formula is C25H35NO4. The van der Waals surface area contributed by atoms with Crippen molar-refractivity contribution in [2.45, 2.75) is 52.5 Å². The van der Waals surface area contributed by atoms with Gasteiger partial charge in [-0.05, 0) is 55.2 Å². The molecule has 0 bridgehead atoms. The fourth-order valence-corrected chi connectivity index (χ4v) is 3.35. The van der Waals surface area contributed by atoms with Crippen LogP contribution in [0.3, 0.4) is 0 Å². The minimum absolute atomic E-state index is 0.206. The van der Waals surface area contributed by atoms with Crippen LogP contribution in [-0.2, 0) is 17.8 Å². The Bertz CT molecular complexity index is 773. The molecular weight excluding hydrogens is 378 g/mol. The summed E-state index contributed by atoms with van der Waals surface area (Å²) in [6.07, 6.45) is 4.48. The maximum Gasteiger partial charge on any atom is 0.222 e. The van der Waals surface area contributed by atoms with Crippen LogP contribution in [0.4, 0.5) is 0 Å². The molecule has 2 aromatic rings. The molecule has 0 N–H and O–H groups in total. The monoisotopic (exact) mass is 413 g/mol. The quantitative estimate of drug-likeness (QED) is 0.421. The standard InChI is InChI=1S/C25H35NO4/c1-5-7-8-9-25(27)26(19-21-10-13-22(14-11-21)30-6-2)17-16-20-12-15-23(28-3)24(18-20)29-4/h10-15,18H,5-9,16-17,19H2,1-4H3. The number of amides is 1. The molecule has 0 aromatic heterocycles. The van der Waals surface area contributed by atoms with E-state index in [1.165, 1.54) is 0 Å². The van der Waals surface area contributed by atoms with Crippen molar-refractivity contribution in [3.63, 3.8) is 0 Å². The average Bonchev–Trinajstić information content (AvgIpc) is 2.77. The van der Waals surface area contributed by atoms with E-state index < -0.39 is 0 Å². The second kappa shape index (κ2) is 12.8. The van der Waals surface area contributed by atoms with E-state index in [1.807, 2.05) is 54.3 Å². The molecule has 0 atom stereocenters. The lowest BCUT2D eigenvalue weighted by Crippen LogP contribution is -2.32. The summed E-state index contributed by atoms with van der Waals surface area (Å²) in [6.45, 7) is 6.03. The molecule has 0 aliphatic rings. The molecule has 2 rings (SSSR count). The first-order chi connectivity index (χ1) is 14.6. The Morgan fingerprint density at radius 3 is 2.23 bits per heavy atom. The van der Waals surface area contributed by atoms with Crippen molar-refractivity contribution >= 4 is 5.91 Å². The fourth-order valence-electron chi connectivity index (χ4n) is 3.35. The van der Waals surface area contributed by atoms with Gasteiger partial charge in [-0.3, -0.25) is 4.79 Å². The zero-order valence-corrected chi connectivity index (χ0v) is 18.8. The van der Waals surface area contributed by atoms with Crippen LogP contribution in [0.2, 0.25) is 0 Å². The minimum Gasteiger partial charge on any atom is -0.494 e. The molecule has 2 aromatic carbocycles. The smallest absolute Gasteiger partial charge is 0.222 e. The van der Waals surface area contributed by atoms with Gasteiger partial charge in [0.15, 0.2) is 11.5 Å². The number of unbranched alkanes of at least 4 members (excludes halogenated alkanes) is 2. The van der Waals surface area contributed by atoms with Crippen molar-refractivity contribution in [3.05, 3.63) is 53.6 Å². The fraction of sp³-hybridized carbons (Fsp3) is 0.480. The number of nitrogens with zero attached hydrogens (tertiary/aromatic N) is 1. The van der Waals surface area contributed by atoms with Crippen molar-refractivity contribution in [2.24, 2.45) is 0 Å². The summed E-state index contributed by atoms with van der Waals surface area (Å²) < 4.78 is 16.2. The first-order valence-electron chi connectivity index (χ1n) is 10.8. The zero-order chi connectivity index (χ0) is 21.8. The Kier molecular flexibility index (Phi) is 10.1. The van der Waals surface area contributed by atoms with E-state index in [1.54, 1.807) is 14.2 Å². The molecule has 0 aliphatic heterocycles. The van der Waals surface area contributed by atoms with Gasteiger partial charge in [0.1, 0.15) is 5.75 Å².